The molecule has 0 spiro atoms. The zero-order valence-corrected chi connectivity index (χ0v) is 26.4. The van der Waals surface area contributed by atoms with Gasteiger partial charge in [0.05, 0.1) is 17.2 Å². The molecule has 1 aliphatic carbocycles. The normalized spacial score (nSPS) is 14.2. The van der Waals surface area contributed by atoms with E-state index in [0.29, 0.717) is 18.8 Å². The van der Waals surface area contributed by atoms with Crippen LogP contribution in [0, 0.1) is 13.8 Å². The maximum atomic E-state index is 14.3. The molecule has 1 aliphatic rings. The van der Waals surface area contributed by atoms with E-state index in [2.05, 4.69) is 5.32 Å². The lowest BCUT2D eigenvalue weighted by Crippen LogP contribution is -2.53. The summed E-state index contributed by atoms with van der Waals surface area (Å²) in [5, 5.41) is 3.15. The molecule has 4 rings (SSSR count). The number of nitrogens with one attached hydrogen (secondary N) is 1. The summed E-state index contributed by atoms with van der Waals surface area (Å²) < 4.78 is 35.3. The van der Waals surface area contributed by atoms with Gasteiger partial charge in [-0.15, -0.1) is 0 Å². The maximum absolute atomic E-state index is 14.3. The van der Waals surface area contributed by atoms with Crippen LogP contribution < -0.4 is 14.4 Å². The summed E-state index contributed by atoms with van der Waals surface area (Å²) in [6.45, 7) is 7.55. The smallest absolute Gasteiger partial charge is 0.264 e. The first-order valence-corrected chi connectivity index (χ1v) is 16.5. The molecule has 0 radical (unpaired) electrons. The van der Waals surface area contributed by atoms with Crippen molar-refractivity contribution in [3.63, 3.8) is 0 Å². The van der Waals surface area contributed by atoms with Crippen LogP contribution in [0.25, 0.3) is 0 Å². The lowest BCUT2D eigenvalue weighted by molar-refractivity contribution is -0.140. The van der Waals surface area contributed by atoms with Crippen molar-refractivity contribution in [2.45, 2.75) is 83.3 Å². The molecule has 1 N–H and O–H groups in total. The second-order valence-electron chi connectivity index (χ2n) is 11.1. The summed E-state index contributed by atoms with van der Waals surface area (Å²) in [6.07, 6.45) is 4.36. The Balaban J connectivity index is 1.75. The van der Waals surface area contributed by atoms with Gasteiger partial charge in [0.1, 0.15) is 18.3 Å². The molecule has 3 aromatic rings. The minimum atomic E-state index is -4.18. The molecular formula is C34H43N3O5S. The minimum Gasteiger partial charge on any atom is -0.492 e. The molecule has 1 atom stereocenters. The van der Waals surface area contributed by atoms with Gasteiger partial charge < -0.3 is 15.0 Å². The Kier molecular flexibility index (Phi) is 10.9. The monoisotopic (exact) mass is 605 g/mol. The first kappa shape index (κ1) is 32.1. The molecule has 9 heteroatoms. The third kappa shape index (κ3) is 7.96. The Morgan fingerprint density at radius 1 is 0.907 bits per heavy atom. The number of anilines is 1. The van der Waals surface area contributed by atoms with Crippen LogP contribution in [0.5, 0.6) is 5.75 Å². The zero-order valence-electron chi connectivity index (χ0n) is 25.6. The number of benzene rings is 3. The average Bonchev–Trinajstić information content (AvgIpc) is 3.50. The van der Waals surface area contributed by atoms with Gasteiger partial charge in [-0.2, -0.15) is 0 Å². The highest BCUT2D eigenvalue weighted by atomic mass is 32.2. The van der Waals surface area contributed by atoms with Crippen molar-refractivity contribution < 1.29 is 22.7 Å². The second-order valence-corrected chi connectivity index (χ2v) is 13.0. The molecule has 0 saturated heterocycles. The van der Waals surface area contributed by atoms with Gasteiger partial charge in [-0.05, 0) is 69.9 Å². The summed E-state index contributed by atoms with van der Waals surface area (Å²) in [5.41, 5.74) is 3.11. The molecule has 0 aromatic heterocycles. The van der Waals surface area contributed by atoms with Crippen molar-refractivity contribution in [1.82, 2.24) is 10.2 Å². The van der Waals surface area contributed by atoms with E-state index in [1.54, 1.807) is 48.5 Å². The molecular weight excluding hydrogens is 562 g/mol. The van der Waals surface area contributed by atoms with Crippen LogP contribution in [-0.4, -0.2) is 50.4 Å². The molecule has 3 aromatic carbocycles. The number of sulfonamides is 1. The van der Waals surface area contributed by atoms with Crippen LogP contribution in [-0.2, 0) is 26.2 Å². The van der Waals surface area contributed by atoms with E-state index < -0.39 is 28.5 Å². The number of hydrogen-bond donors (Lipinski definition) is 1. The highest BCUT2D eigenvalue weighted by Crippen LogP contribution is 2.33. The zero-order chi connectivity index (χ0) is 31.0. The first-order chi connectivity index (χ1) is 20.6. The van der Waals surface area contributed by atoms with Crippen molar-refractivity contribution in [3.05, 3.63) is 89.5 Å². The van der Waals surface area contributed by atoms with Gasteiger partial charge >= 0.3 is 0 Å². The van der Waals surface area contributed by atoms with Gasteiger partial charge in [0.25, 0.3) is 10.0 Å². The van der Waals surface area contributed by atoms with Crippen molar-refractivity contribution in [2.75, 3.05) is 17.5 Å². The maximum Gasteiger partial charge on any atom is 0.264 e. The third-order valence-corrected chi connectivity index (χ3v) is 9.66. The van der Waals surface area contributed by atoms with Crippen LogP contribution in [0.1, 0.15) is 62.6 Å². The SMILES string of the molecule is CCOc1ccccc1N(CC(=O)N(Cc1ccc(C)cc1)[C@@H](CC)C(=O)NC1CCCC1)S(=O)(=O)c1ccc(C)cc1. The van der Waals surface area contributed by atoms with Gasteiger partial charge in [0, 0.05) is 12.6 Å². The topological polar surface area (TPSA) is 96.0 Å². The number of nitrogens with zero attached hydrogens (tertiary/aromatic N) is 2. The van der Waals surface area contributed by atoms with Crippen LogP contribution in [0.4, 0.5) is 5.69 Å². The number of hydrogen-bond acceptors (Lipinski definition) is 5. The van der Waals surface area contributed by atoms with E-state index in [1.807, 2.05) is 52.0 Å². The Morgan fingerprint density at radius 3 is 2.12 bits per heavy atom. The lowest BCUT2D eigenvalue weighted by Gasteiger charge is -2.34. The van der Waals surface area contributed by atoms with Gasteiger partial charge in [-0.3, -0.25) is 13.9 Å². The highest BCUT2D eigenvalue weighted by Gasteiger charge is 2.35. The summed E-state index contributed by atoms with van der Waals surface area (Å²) in [6, 6.07) is 20.5. The van der Waals surface area contributed by atoms with E-state index in [9.17, 15) is 18.0 Å². The average molecular weight is 606 g/mol. The molecule has 43 heavy (non-hydrogen) atoms. The Hall–Kier alpha value is -3.85. The van der Waals surface area contributed by atoms with E-state index in [0.717, 1.165) is 46.7 Å². The number of amides is 2. The fourth-order valence-corrected chi connectivity index (χ4v) is 6.89. The van der Waals surface area contributed by atoms with Crippen molar-refractivity contribution in [3.8, 4) is 5.75 Å². The molecule has 1 saturated carbocycles. The van der Waals surface area contributed by atoms with Crippen molar-refractivity contribution in [1.29, 1.82) is 0 Å². The quantitative estimate of drug-likeness (QED) is 0.267. The summed E-state index contributed by atoms with van der Waals surface area (Å²) >= 11 is 0. The Bertz CT molecular complexity index is 1480. The van der Waals surface area contributed by atoms with Gasteiger partial charge in [0.15, 0.2) is 0 Å². The number of aryl methyl sites for hydroxylation is 2. The fraction of sp³-hybridized carbons (Fsp3) is 0.412. The predicted molar refractivity (Wildman–Crippen MR) is 170 cm³/mol. The third-order valence-electron chi connectivity index (χ3n) is 7.88. The van der Waals surface area contributed by atoms with E-state index in [4.69, 9.17) is 4.74 Å². The van der Waals surface area contributed by atoms with Gasteiger partial charge in [0.2, 0.25) is 11.8 Å². The van der Waals surface area contributed by atoms with Crippen LogP contribution in [0.15, 0.2) is 77.7 Å². The number of ether oxygens (including phenoxy) is 1. The molecule has 2 amide bonds. The fourth-order valence-electron chi connectivity index (χ4n) is 5.47. The largest absolute Gasteiger partial charge is 0.492 e. The van der Waals surface area contributed by atoms with E-state index in [-0.39, 0.29) is 29.1 Å². The molecule has 0 unspecified atom stereocenters. The van der Waals surface area contributed by atoms with Crippen molar-refractivity contribution in [2.24, 2.45) is 0 Å². The van der Waals surface area contributed by atoms with Crippen LogP contribution >= 0.6 is 0 Å². The number of carbonyl (C=O) groups is 2. The highest BCUT2D eigenvalue weighted by molar-refractivity contribution is 7.92. The molecule has 0 heterocycles. The Morgan fingerprint density at radius 2 is 1.51 bits per heavy atom. The molecule has 8 nitrogen and oxygen atoms in total. The number of carbonyl (C=O) groups excluding carboxylic acids is 2. The van der Waals surface area contributed by atoms with Crippen molar-refractivity contribution >= 4 is 27.5 Å². The van der Waals surface area contributed by atoms with Gasteiger partial charge in [-0.25, -0.2) is 8.42 Å². The lowest BCUT2D eigenvalue weighted by atomic mass is 10.1. The van der Waals surface area contributed by atoms with E-state index >= 15 is 0 Å². The molecule has 230 valence electrons. The Labute approximate surface area is 256 Å². The van der Waals surface area contributed by atoms with Crippen LogP contribution in [0.2, 0.25) is 0 Å². The molecule has 1 fully saturated rings. The van der Waals surface area contributed by atoms with Crippen LogP contribution in [0.3, 0.4) is 0 Å². The summed E-state index contributed by atoms with van der Waals surface area (Å²) in [5.74, 6) is -0.335. The molecule has 0 aliphatic heterocycles. The molecule has 0 bridgehead atoms. The second kappa shape index (κ2) is 14.6. The van der Waals surface area contributed by atoms with E-state index in [1.165, 1.54) is 4.90 Å². The number of para-hydroxylation sites is 2. The summed E-state index contributed by atoms with van der Waals surface area (Å²) in [7, 11) is -4.18. The van der Waals surface area contributed by atoms with Gasteiger partial charge in [-0.1, -0.05) is 79.4 Å². The minimum absolute atomic E-state index is 0.0632. The predicted octanol–water partition coefficient (Wildman–Crippen LogP) is 5.76. The standard InChI is InChI=1S/C34H43N3O5S/c1-5-30(34(39)35-28-11-7-8-12-28)36(23-27-19-15-25(3)16-20-27)33(38)24-37(31-13-9-10-14-32(31)42-6-2)43(40,41)29-21-17-26(4)18-22-29/h9-10,13-22,28,30H,5-8,11-12,23-24H2,1-4H3,(H,35,39)/t30-/m0/s1. The first-order valence-electron chi connectivity index (χ1n) is 15.1. The summed E-state index contributed by atoms with van der Waals surface area (Å²) in [4.78, 5) is 29.5. The number of rotatable bonds is 13.